The van der Waals surface area contributed by atoms with Crippen LogP contribution >= 0.6 is 15.9 Å². The van der Waals surface area contributed by atoms with Gasteiger partial charge in [0.2, 0.25) is 0 Å². The lowest BCUT2D eigenvalue weighted by atomic mass is 10.2. The number of hydrogen-bond donors (Lipinski definition) is 2. The van der Waals surface area contributed by atoms with Gasteiger partial charge in [0.1, 0.15) is 6.54 Å². The van der Waals surface area contributed by atoms with Crippen LogP contribution in [-0.2, 0) is 0 Å². The SMILES string of the molecule is Nc1cc(C(=O)NCC(F)(F)F)ccc1Br. The van der Waals surface area contributed by atoms with Crippen LogP contribution in [-0.4, -0.2) is 18.6 Å². The number of benzene rings is 1. The van der Waals surface area contributed by atoms with Gasteiger partial charge in [0.05, 0.1) is 0 Å². The van der Waals surface area contributed by atoms with Crippen LogP contribution in [0.5, 0.6) is 0 Å². The molecule has 7 heteroatoms. The van der Waals surface area contributed by atoms with Crippen molar-refractivity contribution in [1.82, 2.24) is 5.32 Å². The third kappa shape index (κ3) is 3.73. The van der Waals surface area contributed by atoms with Crippen LogP contribution in [0.25, 0.3) is 0 Å². The molecule has 1 rings (SSSR count). The van der Waals surface area contributed by atoms with E-state index < -0.39 is 18.6 Å². The van der Waals surface area contributed by atoms with Gasteiger partial charge in [0.15, 0.2) is 0 Å². The average molecular weight is 297 g/mol. The summed E-state index contributed by atoms with van der Waals surface area (Å²) in [5, 5.41) is 1.75. The van der Waals surface area contributed by atoms with E-state index in [0.717, 1.165) is 0 Å². The molecular weight excluding hydrogens is 289 g/mol. The van der Waals surface area contributed by atoms with Crippen molar-refractivity contribution in [2.45, 2.75) is 6.18 Å². The smallest absolute Gasteiger partial charge is 0.398 e. The number of nitrogens with two attached hydrogens (primary N) is 1. The Bertz CT molecular complexity index is 406. The molecule has 0 aliphatic rings. The van der Waals surface area contributed by atoms with E-state index in [1.807, 2.05) is 0 Å². The number of nitrogen functional groups attached to an aromatic ring is 1. The number of carbonyl (C=O) groups is 1. The minimum Gasteiger partial charge on any atom is -0.398 e. The Morgan fingerprint density at radius 2 is 2.06 bits per heavy atom. The Morgan fingerprint density at radius 1 is 1.44 bits per heavy atom. The van der Waals surface area contributed by atoms with Gasteiger partial charge < -0.3 is 11.1 Å². The molecule has 1 amide bonds. The summed E-state index contributed by atoms with van der Waals surface area (Å²) in [7, 11) is 0. The first-order valence-corrected chi connectivity index (χ1v) is 4.99. The largest absolute Gasteiger partial charge is 0.405 e. The predicted octanol–water partition coefficient (Wildman–Crippen LogP) is 2.32. The van der Waals surface area contributed by atoms with Crippen LogP contribution in [0, 0.1) is 0 Å². The second-order valence-corrected chi connectivity index (χ2v) is 3.89. The molecule has 0 saturated carbocycles. The van der Waals surface area contributed by atoms with Crippen LogP contribution in [0.1, 0.15) is 10.4 Å². The number of hydrogen-bond acceptors (Lipinski definition) is 2. The van der Waals surface area contributed by atoms with Gasteiger partial charge in [0.25, 0.3) is 5.91 Å². The summed E-state index contributed by atoms with van der Waals surface area (Å²) < 4.78 is 36.1. The highest BCUT2D eigenvalue weighted by Gasteiger charge is 2.27. The topological polar surface area (TPSA) is 55.1 Å². The second-order valence-electron chi connectivity index (χ2n) is 3.03. The van der Waals surface area contributed by atoms with Crippen molar-refractivity contribution in [1.29, 1.82) is 0 Å². The highest BCUT2D eigenvalue weighted by atomic mass is 79.9. The Labute approximate surface area is 97.9 Å². The molecule has 1 aromatic carbocycles. The fourth-order valence-corrected chi connectivity index (χ4v) is 1.21. The zero-order chi connectivity index (χ0) is 12.3. The molecule has 0 atom stereocenters. The van der Waals surface area contributed by atoms with Crippen molar-refractivity contribution in [3.63, 3.8) is 0 Å². The molecule has 0 heterocycles. The number of nitrogens with one attached hydrogen (secondary N) is 1. The molecule has 3 nitrogen and oxygen atoms in total. The monoisotopic (exact) mass is 296 g/mol. The summed E-state index contributed by atoms with van der Waals surface area (Å²) in [4.78, 5) is 11.3. The van der Waals surface area contributed by atoms with Crippen molar-refractivity contribution in [3.05, 3.63) is 28.2 Å². The highest BCUT2D eigenvalue weighted by Crippen LogP contribution is 2.20. The van der Waals surface area contributed by atoms with Crippen LogP contribution in [0.4, 0.5) is 18.9 Å². The molecule has 16 heavy (non-hydrogen) atoms. The number of anilines is 1. The van der Waals surface area contributed by atoms with Gasteiger partial charge in [0, 0.05) is 15.7 Å². The number of carbonyl (C=O) groups excluding carboxylic acids is 1. The van der Waals surface area contributed by atoms with Gasteiger partial charge >= 0.3 is 6.18 Å². The minimum absolute atomic E-state index is 0.0879. The predicted molar refractivity (Wildman–Crippen MR) is 56.9 cm³/mol. The maximum atomic E-state index is 11.8. The van der Waals surface area contributed by atoms with Gasteiger partial charge in [-0.3, -0.25) is 4.79 Å². The van der Waals surface area contributed by atoms with Gasteiger partial charge in [-0.05, 0) is 34.1 Å². The van der Waals surface area contributed by atoms with E-state index in [0.29, 0.717) is 10.2 Å². The van der Waals surface area contributed by atoms with Crippen molar-refractivity contribution in [3.8, 4) is 0 Å². The fraction of sp³-hybridized carbons (Fsp3) is 0.222. The van der Waals surface area contributed by atoms with E-state index in [4.69, 9.17) is 5.73 Å². The summed E-state index contributed by atoms with van der Waals surface area (Å²) in [5.41, 5.74) is 5.87. The summed E-state index contributed by atoms with van der Waals surface area (Å²) in [6.45, 7) is -1.36. The maximum absolute atomic E-state index is 11.8. The quantitative estimate of drug-likeness (QED) is 0.823. The van der Waals surface area contributed by atoms with E-state index in [1.165, 1.54) is 18.2 Å². The molecule has 0 spiro atoms. The summed E-state index contributed by atoms with van der Waals surface area (Å²) >= 11 is 3.11. The molecule has 0 fully saturated rings. The zero-order valence-corrected chi connectivity index (χ0v) is 9.52. The van der Waals surface area contributed by atoms with Crippen molar-refractivity contribution >= 4 is 27.5 Å². The van der Waals surface area contributed by atoms with Crippen molar-refractivity contribution in [2.75, 3.05) is 12.3 Å². The van der Waals surface area contributed by atoms with Gasteiger partial charge in [-0.2, -0.15) is 13.2 Å². The first kappa shape index (κ1) is 12.8. The molecule has 3 N–H and O–H groups in total. The maximum Gasteiger partial charge on any atom is 0.405 e. The highest BCUT2D eigenvalue weighted by molar-refractivity contribution is 9.10. The van der Waals surface area contributed by atoms with E-state index in [9.17, 15) is 18.0 Å². The lowest BCUT2D eigenvalue weighted by Crippen LogP contribution is -2.33. The van der Waals surface area contributed by atoms with E-state index in [1.54, 1.807) is 5.32 Å². The van der Waals surface area contributed by atoms with Crippen molar-refractivity contribution in [2.24, 2.45) is 0 Å². The minimum atomic E-state index is -4.42. The van der Waals surface area contributed by atoms with E-state index >= 15 is 0 Å². The lowest BCUT2D eigenvalue weighted by molar-refractivity contribution is -0.123. The molecule has 0 saturated heterocycles. The number of halogens is 4. The molecule has 0 bridgehead atoms. The van der Waals surface area contributed by atoms with E-state index in [-0.39, 0.29) is 5.56 Å². The number of rotatable bonds is 2. The first-order valence-electron chi connectivity index (χ1n) is 4.19. The lowest BCUT2D eigenvalue weighted by Gasteiger charge is -2.08. The average Bonchev–Trinajstić information content (AvgIpc) is 2.17. The molecule has 1 aromatic rings. The van der Waals surface area contributed by atoms with Gasteiger partial charge in [-0.1, -0.05) is 0 Å². The summed E-state index contributed by atoms with van der Waals surface area (Å²) in [6, 6.07) is 4.18. The molecule has 0 aliphatic carbocycles. The normalized spacial score (nSPS) is 11.2. The Hall–Kier alpha value is -1.24. The Kier molecular flexibility index (Phi) is 3.79. The van der Waals surface area contributed by atoms with Crippen molar-refractivity contribution < 1.29 is 18.0 Å². The van der Waals surface area contributed by atoms with Crippen LogP contribution in [0.2, 0.25) is 0 Å². The molecule has 0 aliphatic heterocycles. The molecule has 0 unspecified atom stereocenters. The second kappa shape index (κ2) is 4.73. The molecule has 0 aromatic heterocycles. The molecule has 0 radical (unpaired) electrons. The molecular formula is C9H8BrF3N2O. The molecule has 88 valence electrons. The van der Waals surface area contributed by atoms with Gasteiger partial charge in [-0.25, -0.2) is 0 Å². The Balaban J connectivity index is 2.70. The fourth-order valence-electron chi connectivity index (χ4n) is 0.968. The van der Waals surface area contributed by atoms with Crippen LogP contribution < -0.4 is 11.1 Å². The number of alkyl halides is 3. The van der Waals surface area contributed by atoms with Crippen LogP contribution in [0.15, 0.2) is 22.7 Å². The zero-order valence-electron chi connectivity index (χ0n) is 7.94. The number of amides is 1. The third-order valence-electron chi connectivity index (χ3n) is 1.71. The standard InChI is InChI=1S/C9H8BrF3N2O/c10-6-2-1-5(3-7(6)14)8(16)15-4-9(11,12)13/h1-3H,4,14H2,(H,15,16). The van der Waals surface area contributed by atoms with Gasteiger partial charge in [-0.15, -0.1) is 0 Å². The van der Waals surface area contributed by atoms with Crippen LogP contribution in [0.3, 0.4) is 0 Å². The third-order valence-corrected chi connectivity index (χ3v) is 2.43. The summed E-state index contributed by atoms with van der Waals surface area (Å²) in [5.74, 6) is -0.809. The van der Waals surface area contributed by atoms with E-state index in [2.05, 4.69) is 15.9 Å². The summed E-state index contributed by atoms with van der Waals surface area (Å²) in [6.07, 6.45) is -4.42. The Morgan fingerprint density at radius 3 is 2.56 bits per heavy atom. The first-order chi connectivity index (χ1) is 7.29.